The fourth-order valence-corrected chi connectivity index (χ4v) is 4.42. The van der Waals surface area contributed by atoms with Gasteiger partial charge in [0, 0.05) is 36.9 Å². The number of anilines is 1. The van der Waals surface area contributed by atoms with Gasteiger partial charge < -0.3 is 14.6 Å². The first-order valence-corrected chi connectivity index (χ1v) is 9.94. The Bertz CT molecular complexity index is 778. The van der Waals surface area contributed by atoms with Crippen LogP contribution in [0.5, 0.6) is 0 Å². The topological polar surface area (TPSA) is 61.6 Å². The van der Waals surface area contributed by atoms with Gasteiger partial charge in [-0.3, -0.25) is 4.90 Å². The number of hydrogen-bond donors (Lipinski definition) is 1. The zero-order valence-corrected chi connectivity index (χ0v) is 15.5. The van der Waals surface area contributed by atoms with Crippen LogP contribution in [-0.2, 0) is 0 Å². The number of nitrogens with zero attached hydrogens (tertiary/aromatic N) is 3. The second-order valence-corrected chi connectivity index (χ2v) is 8.03. The lowest BCUT2D eigenvalue weighted by Gasteiger charge is -2.26. The van der Waals surface area contributed by atoms with Crippen molar-refractivity contribution in [3.8, 4) is 0 Å². The van der Waals surface area contributed by atoms with Crippen LogP contribution < -0.4 is 5.32 Å². The molecule has 2 bridgehead atoms. The molecule has 6 nitrogen and oxygen atoms in total. The quantitative estimate of drug-likeness (QED) is 0.847. The first-order chi connectivity index (χ1) is 12.1. The summed E-state index contributed by atoms with van der Waals surface area (Å²) < 4.78 is 5.73. The number of thioether (sulfide) groups is 1. The molecule has 0 saturated carbocycles. The number of fused-ring (bicyclic) bond motifs is 3. The van der Waals surface area contributed by atoms with Gasteiger partial charge in [0.1, 0.15) is 5.52 Å². The summed E-state index contributed by atoms with van der Waals surface area (Å²) in [5, 5.41) is 3.69. The summed E-state index contributed by atoms with van der Waals surface area (Å²) in [6, 6.07) is 6.73. The highest BCUT2D eigenvalue weighted by molar-refractivity contribution is 7.99. The Morgan fingerprint density at radius 1 is 1.36 bits per heavy atom. The van der Waals surface area contributed by atoms with Gasteiger partial charge >= 0.3 is 6.03 Å². The molecule has 2 aliphatic rings. The summed E-state index contributed by atoms with van der Waals surface area (Å²) in [4.78, 5) is 21.5. The van der Waals surface area contributed by atoms with Crippen molar-refractivity contribution >= 4 is 34.6 Å². The molecule has 0 aliphatic carbocycles. The zero-order chi connectivity index (χ0) is 17.4. The molecular weight excluding hydrogens is 336 g/mol. The normalized spacial score (nSPS) is 23.8. The van der Waals surface area contributed by atoms with Crippen molar-refractivity contribution in [2.45, 2.75) is 43.5 Å². The van der Waals surface area contributed by atoms with Gasteiger partial charge in [-0.1, -0.05) is 18.7 Å². The molecule has 2 aliphatic heterocycles. The van der Waals surface area contributed by atoms with Crippen LogP contribution in [0.4, 0.5) is 10.5 Å². The number of nitrogens with one attached hydrogen (secondary N) is 1. The van der Waals surface area contributed by atoms with Crippen molar-refractivity contribution in [3.63, 3.8) is 0 Å². The molecule has 4 rings (SSSR count). The van der Waals surface area contributed by atoms with Crippen LogP contribution in [0.15, 0.2) is 27.8 Å². The van der Waals surface area contributed by atoms with Gasteiger partial charge in [0.25, 0.3) is 5.22 Å². The van der Waals surface area contributed by atoms with Gasteiger partial charge in [-0.15, -0.1) is 0 Å². The Balaban J connectivity index is 1.46. The van der Waals surface area contributed by atoms with E-state index in [2.05, 4.69) is 29.2 Å². The van der Waals surface area contributed by atoms with Crippen LogP contribution >= 0.6 is 11.8 Å². The number of urea groups is 1. The predicted octanol–water partition coefficient (Wildman–Crippen LogP) is 3.64. The van der Waals surface area contributed by atoms with E-state index in [1.54, 1.807) is 11.8 Å². The molecule has 2 unspecified atom stereocenters. The zero-order valence-electron chi connectivity index (χ0n) is 14.7. The number of likely N-dealkylation sites (tertiary alicyclic amines) is 1. The molecule has 2 aromatic rings. The highest BCUT2D eigenvalue weighted by atomic mass is 32.2. The van der Waals surface area contributed by atoms with Crippen LogP contribution in [-0.4, -0.2) is 58.8 Å². The smallest absolute Gasteiger partial charge is 0.321 e. The fraction of sp³-hybridized carbons (Fsp3) is 0.556. The van der Waals surface area contributed by atoms with Crippen molar-refractivity contribution in [2.24, 2.45) is 0 Å². The summed E-state index contributed by atoms with van der Waals surface area (Å²) in [5.41, 5.74) is 2.29. The number of aromatic nitrogens is 1. The number of oxazole rings is 1. The molecule has 1 N–H and O–H groups in total. The van der Waals surface area contributed by atoms with E-state index in [0.717, 1.165) is 36.5 Å². The van der Waals surface area contributed by atoms with E-state index < -0.39 is 0 Å². The maximum Gasteiger partial charge on any atom is 0.321 e. The number of rotatable bonds is 3. The molecule has 25 heavy (non-hydrogen) atoms. The third-order valence-electron chi connectivity index (χ3n) is 5.32. The maximum absolute atomic E-state index is 12.7. The molecule has 134 valence electrons. The lowest BCUT2D eigenvalue weighted by atomic mass is 10.1. The Kier molecular flexibility index (Phi) is 4.60. The number of benzene rings is 1. The molecule has 0 spiro atoms. The highest BCUT2D eigenvalue weighted by Gasteiger charge is 2.35. The standard InChI is InChI=1S/C18H24N4O2S/c1-3-25-18-20-15-7-4-12(10-16(15)24-18)19-17(23)22-9-8-13-5-6-14(11-22)21(13)2/h4,7,10,13-14H,3,5-6,8-9,11H2,1-2H3,(H,19,23). The van der Waals surface area contributed by atoms with Crippen LogP contribution in [0.2, 0.25) is 0 Å². The van der Waals surface area contributed by atoms with E-state index in [1.807, 2.05) is 23.1 Å². The second kappa shape index (κ2) is 6.88. The fourth-order valence-electron chi connectivity index (χ4n) is 3.86. The summed E-state index contributed by atoms with van der Waals surface area (Å²) in [6.45, 7) is 3.69. The lowest BCUT2D eigenvalue weighted by Crippen LogP contribution is -2.41. The Hall–Kier alpha value is -1.73. The molecule has 2 saturated heterocycles. The minimum absolute atomic E-state index is 0.0250. The number of likely N-dealkylation sites (N-methyl/N-ethyl adjacent to an activating group) is 1. The Labute approximate surface area is 151 Å². The number of carbonyl (C=O) groups excluding carboxylic acids is 1. The average molecular weight is 360 g/mol. The number of hydrogen-bond acceptors (Lipinski definition) is 5. The third-order valence-corrected chi connectivity index (χ3v) is 6.03. The minimum atomic E-state index is -0.0250. The summed E-state index contributed by atoms with van der Waals surface area (Å²) in [5.74, 6) is 0.919. The monoisotopic (exact) mass is 360 g/mol. The third kappa shape index (κ3) is 3.35. The van der Waals surface area contributed by atoms with Gasteiger partial charge in [0.15, 0.2) is 5.58 Å². The Morgan fingerprint density at radius 3 is 3.04 bits per heavy atom. The van der Waals surface area contributed by atoms with Gasteiger partial charge in [0.2, 0.25) is 0 Å². The second-order valence-electron chi connectivity index (χ2n) is 6.81. The van der Waals surface area contributed by atoms with Crippen molar-refractivity contribution < 1.29 is 9.21 Å². The van der Waals surface area contributed by atoms with Crippen molar-refractivity contribution in [2.75, 3.05) is 31.2 Å². The molecular formula is C18H24N4O2S. The first kappa shape index (κ1) is 16.7. The summed E-state index contributed by atoms with van der Waals surface area (Å²) in [7, 11) is 2.19. The maximum atomic E-state index is 12.7. The average Bonchev–Trinajstić information content (AvgIpc) is 3.07. The van der Waals surface area contributed by atoms with E-state index in [4.69, 9.17) is 4.42 Å². The molecule has 1 aromatic carbocycles. The van der Waals surface area contributed by atoms with E-state index in [9.17, 15) is 4.79 Å². The van der Waals surface area contributed by atoms with Crippen molar-refractivity contribution in [1.29, 1.82) is 0 Å². The molecule has 2 amide bonds. The van der Waals surface area contributed by atoms with E-state index in [-0.39, 0.29) is 6.03 Å². The lowest BCUT2D eigenvalue weighted by molar-refractivity contribution is 0.200. The number of carbonyl (C=O) groups is 1. The molecule has 3 heterocycles. The number of amides is 2. The van der Waals surface area contributed by atoms with Crippen LogP contribution in [0, 0.1) is 0 Å². The molecule has 7 heteroatoms. The largest absolute Gasteiger partial charge is 0.431 e. The summed E-state index contributed by atoms with van der Waals surface area (Å²) >= 11 is 1.57. The van der Waals surface area contributed by atoms with Crippen LogP contribution in [0.1, 0.15) is 26.2 Å². The highest BCUT2D eigenvalue weighted by Crippen LogP contribution is 2.29. The van der Waals surface area contributed by atoms with E-state index in [1.165, 1.54) is 12.8 Å². The molecule has 1 aromatic heterocycles. The minimum Gasteiger partial charge on any atom is -0.431 e. The SMILES string of the molecule is CCSc1nc2ccc(NC(=O)N3CCC4CCC(C3)N4C)cc2o1. The molecule has 0 radical (unpaired) electrons. The van der Waals surface area contributed by atoms with Crippen LogP contribution in [0.3, 0.4) is 0 Å². The molecule has 2 fully saturated rings. The van der Waals surface area contributed by atoms with Crippen molar-refractivity contribution in [3.05, 3.63) is 18.2 Å². The van der Waals surface area contributed by atoms with Gasteiger partial charge in [-0.05, 0) is 44.2 Å². The van der Waals surface area contributed by atoms with Crippen molar-refractivity contribution in [1.82, 2.24) is 14.8 Å². The van der Waals surface area contributed by atoms with Gasteiger partial charge in [0.05, 0.1) is 0 Å². The predicted molar refractivity (Wildman–Crippen MR) is 100 cm³/mol. The summed E-state index contributed by atoms with van der Waals surface area (Å²) in [6.07, 6.45) is 3.50. The van der Waals surface area contributed by atoms with Crippen LogP contribution in [0.25, 0.3) is 11.1 Å². The Morgan fingerprint density at radius 2 is 2.20 bits per heavy atom. The molecule has 2 atom stereocenters. The van der Waals surface area contributed by atoms with E-state index in [0.29, 0.717) is 22.9 Å². The van der Waals surface area contributed by atoms with Gasteiger partial charge in [-0.2, -0.15) is 0 Å². The van der Waals surface area contributed by atoms with E-state index >= 15 is 0 Å². The van der Waals surface area contributed by atoms with Gasteiger partial charge in [-0.25, -0.2) is 9.78 Å². The first-order valence-electron chi connectivity index (χ1n) is 8.95.